The Morgan fingerprint density at radius 1 is 1.36 bits per heavy atom. The fourth-order valence-corrected chi connectivity index (χ4v) is 2.95. The van der Waals surface area contributed by atoms with Crippen molar-refractivity contribution in [3.63, 3.8) is 0 Å². The Morgan fingerprint density at radius 3 is 3.18 bits per heavy atom. The quantitative estimate of drug-likeness (QED) is 0.781. The minimum absolute atomic E-state index is 0.107. The van der Waals surface area contributed by atoms with E-state index in [1.165, 1.54) is 12.6 Å². The van der Waals surface area contributed by atoms with Crippen molar-refractivity contribution in [2.75, 3.05) is 13.1 Å². The van der Waals surface area contributed by atoms with Crippen molar-refractivity contribution in [2.24, 2.45) is 0 Å². The zero-order valence-corrected chi connectivity index (χ0v) is 11.9. The summed E-state index contributed by atoms with van der Waals surface area (Å²) >= 11 is 0. The summed E-state index contributed by atoms with van der Waals surface area (Å²) in [5.41, 5.74) is 1.78. The molecule has 1 amide bonds. The molecule has 22 heavy (non-hydrogen) atoms. The van der Waals surface area contributed by atoms with Gasteiger partial charge in [-0.1, -0.05) is 0 Å². The Labute approximate surface area is 126 Å². The molecule has 1 atom stereocenters. The van der Waals surface area contributed by atoms with Crippen LogP contribution in [0.15, 0.2) is 35.3 Å². The standard InChI is InChI=1S/C15H15N5O2/c21-15(13-7-16-9-22-13)20-5-1-2-11(8-20)12-4-3-10-6-17-19-14(10)18-12/h3-4,6-7,9,11H,1-2,5,8H2,(H,17,18,19)/t11-/m0/s1. The van der Waals surface area contributed by atoms with Gasteiger partial charge >= 0.3 is 0 Å². The lowest BCUT2D eigenvalue weighted by molar-refractivity contribution is 0.0674. The SMILES string of the molecule is O=C(c1cnco1)N1CCC[C@H](c2ccc3cn[nH]c3n2)C1. The summed E-state index contributed by atoms with van der Waals surface area (Å²) < 4.78 is 5.11. The topological polar surface area (TPSA) is 87.9 Å². The molecule has 3 aromatic heterocycles. The molecule has 7 nitrogen and oxygen atoms in total. The fourth-order valence-electron chi connectivity index (χ4n) is 2.95. The van der Waals surface area contributed by atoms with E-state index in [0.717, 1.165) is 36.1 Å². The highest BCUT2D eigenvalue weighted by molar-refractivity contribution is 5.91. The maximum atomic E-state index is 12.4. The highest BCUT2D eigenvalue weighted by atomic mass is 16.3. The molecule has 0 aromatic carbocycles. The van der Waals surface area contributed by atoms with Crippen LogP contribution in [0.5, 0.6) is 0 Å². The van der Waals surface area contributed by atoms with Gasteiger partial charge in [0.1, 0.15) is 0 Å². The average Bonchev–Trinajstić information content (AvgIpc) is 3.25. The van der Waals surface area contributed by atoms with Crippen LogP contribution in [0.25, 0.3) is 11.0 Å². The van der Waals surface area contributed by atoms with Gasteiger partial charge in [-0.25, -0.2) is 9.97 Å². The van der Waals surface area contributed by atoms with Crippen molar-refractivity contribution < 1.29 is 9.21 Å². The second-order valence-corrected chi connectivity index (χ2v) is 5.50. The molecule has 0 bridgehead atoms. The van der Waals surface area contributed by atoms with E-state index in [0.29, 0.717) is 6.54 Å². The van der Waals surface area contributed by atoms with E-state index in [1.54, 1.807) is 6.20 Å². The van der Waals surface area contributed by atoms with Crippen LogP contribution in [0.1, 0.15) is 35.0 Å². The predicted molar refractivity (Wildman–Crippen MR) is 78.3 cm³/mol. The van der Waals surface area contributed by atoms with E-state index in [9.17, 15) is 4.79 Å². The maximum absolute atomic E-state index is 12.4. The third kappa shape index (κ3) is 2.24. The number of hydrogen-bond donors (Lipinski definition) is 1. The van der Waals surface area contributed by atoms with Crippen LogP contribution in [0.4, 0.5) is 0 Å². The second-order valence-electron chi connectivity index (χ2n) is 5.50. The van der Waals surface area contributed by atoms with Gasteiger partial charge in [0.2, 0.25) is 5.76 Å². The van der Waals surface area contributed by atoms with Gasteiger partial charge in [-0.05, 0) is 25.0 Å². The van der Waals surface area contributed by atoms with Crippen molar-refractivity contribution in [1.82, 2.24) is 25.1 Å². The molecule has 7 heteroatoms. The molecule has 1 N–H and O–H groups in total. The normalized spacial score (nSPS) is 18.7. The number of aromatic nitrogens is 4. The third-order valence-corrected chi connectivity index (χ3v) is 4.09. The van der Waals surface area contributed by atoms with E-state index in [2.05, 4.69) is 20.2 Å². The number of carbonyl (C=O) groups is 1. The first-order valence-electron chi connectivity index (χ1n) is 7.29. The molecule has 0 spiro atoms. The predicted octanol–water partition coefficient (Wildman–Crippen LogP) is 1.97. The first kappa shape index (κ1) is 13.0. The van der Waals surface area contributed by atoms with Crippen molar-refractivity contribution in [3.05, 3.63) is 42.4 Å². The summed E-state index contributed by atoms with van der Waals surface area (Å²) in [6.45, 7) is 1.38. The van der Waals surface area contributed by atoms with Crippen LogP contribution in [0.3, 0.4) is 0 Å². The number of pyridine rings is 1. The number of piperidine rings is 1. The van der Waals surface area contributed by atoms with E-state index in [1.807, 2.05) is 17.0 Å². The van der Waals surface area contributed by atoms with Crippen molar-refractivity contribution in [2.45, 2.75) is 18.8 Å². The molecule has 0 aliphatic carbocycles. The number of amides is 1. The number of oxazole rings is 1. The molecular weight excluding hydrogens is 282 g/mol. The van der Waals surface area contributed by atoms with Crippen LogP contribution < -0.4 is 0 Å². The highest BCUT2D eigenvalue weighted by Crippen LogP contribution is 2.27. The van der Waals surface area contributed by atoms with E-state index in [4.69, 9.17) is 4.42 Å². The Kier molecular flexibility index (Phi) is 3.10. The highest BCUT2D eigenvalue weighted by Gasteiger charge is 2.27. The molecule has 4 rings (SSSR count). The number of aromatic amines is 1. The molecule has 112 valence electrons. The zero-order valence-electron chi connectivity index (χ0n) is 11.9. The van der Waals surface area contributed by atoms with Crippen LogP contribution in [0.2, 0.25) is 0 Å². The average molecular weight is 297 g/mol. The van der Waals surface area contributed by atoms with Gasteiger partial charge in [0.15, 0.2) is 12.0 Å². The van der Waals surface area contributed by atoms with E-state index in [-0.39, 0.29) is 17.6 Å². The van der Waals surface area contributed by atoms with Gasteiger partial charge in [-0.15, -0.1) is 0 Å². The lowest BCUT2D eigenvalue weighted by Gasteiger charge is -2.31. The van der Waals surface area contributed by atoms with Crippen LogP contribution >= 0.6 is 0 Å². The first-order valence-corrected chi connectivity index (χ1v) is 7.29. The van der Waals surface area contributed by atoms with Gasteiger partial charge in [0.05, 0.1) is 12.4 Å². The molecule has 0 unspecified atom stereocenters. The lowest BCUT2D eigenvalue weighted by atomic mass is 9.94. The summed E-state index contributed by atoms with van der Waals surface area (Å²) in [5.74, 6) is 0.413. The maximum Gasteiger partial charge on any atom is 0.291 e. The Hall–Kier alpha value is -2.70. The third-order valence-electron chi connectivity index (χ3n) is 4.09. The molecule has 1 aliphatic heterocycles. The second kappa shape index (κ2) is 5.25. The lowest BCUT2D eigenvalue weighted by Crippen LogP contribution is -2.39. The first-order chi connectivity index (χ1) is 10.8. The Bertz CT molecular complexity index is 795. The Balaban J connectivity index is 1.56. The largest absolute Gasteiger partial charge is 0.438 e. The monoisotopic (exact) mass is 297 g/mol. The fraction of sp³-hybridized carbons (Fsp3) is 0.333. The van der Waals surface area contributed by atoms with E-state index < -0.39 is 0 Å². The number of fused-ring (bicyclic) bond motifs is 1. The van der Waals surface area contributed by atoms with Crippen molar-refractivity contribution >= 4 is 16.9 Å². The van der Waals surface area contributed by atoms with E-state index >= 15 is 0 Å². The number of likely N-dealkylation sites (tertiary alicyclic amines) is 1. The van der Waals surface area contributed by atoms with Gasteiger partial charge in [-0.3, -0.25) is 9.89 Å². The van der Waals surface area contributed by atoms with Crippen LogP contribution in [-0.4, -0.2) is 44.1 Å². The minimum Gasteiger partial charge on any atom is -0.438 e. The molecule has 1 aliphatic rings. The van der Waals surface area contributed by atoms with Crippen molar-refractivity contribution in [3.8, 4) is 0 Å². The molecule has 1 saturated heterocycles. The van der Waals surface area contributed by atoms with Gasteiger partial charge in [0.25, 0.3) is 5.91 Å². The van der Waals surface area contributed by atoms with Crippen LogP contribution in [-0.2, 0) is 0 Å². The number of hydrogen-bond acceptors (Lipinski definition) is 5. The summed E-state index contributed by atoms with van der Waals surface area (Å²) in [6, 6.07) is 4.03. The summed E-state index contributed by atoms with van der Waals surface area (Å²) in [4.78, 5) is 22.6. The zero-order chi connectivity index (χ0) is 14.9. The number of nitrogens with zero attached hydrogens (tertiary/aromatic N) is 4. The number of H-pyrrole nitrogens is 1. The smallest absolute Gasteiger partial charge is 0.291 e. The molecule has 4 heterocycles. The molecule has 0 saturated carbocycles. The van der Waals surface area contributed by atoms with Gasteiger partial charge in [-0.2, -0.15) is 5.10 Å². The number of rotatable bonds is 2. The minimum atomic E-state index is -0.107. The molecule has 1 fully saturated rings. The molecule has 3 aromatic rings. The summed E-state index contributed by atoms with van der Waals surface area (Å²) in [5, 5.41) is 7.88. The summed E-state index contributed by atoms with van der Waals surface area (Å²) in [7, 11) is 0. The van der Waals surface area contributed by atoms with Gasteiger partial charge < -0.3 is 9.32 Å². The Morgan fingerprint density at radius 2 is 2.32 bits per heavy atom. The number of carbonyl (C=O) groups excluding carboxylic acids is 1. The van der Waals surface area contributed by atoms with Crippen LogP contribution in [0, 0.1) is 0 Å². The summed E-state index contributed by atoms with van der Waals surface area (Å²) in [6.07, 6.45) is 6.47. The van der Waals surface area contributed by atoms with Gasteiger partial charge in [0, 0.05) is 30.1 Å². The van der Waals surface area contributed by atoms with Crippen molar-refractivity contribution in [1.29, 1.82) is 0 Å². The molecular formula is C15H15N5O2. The number of nitrogens with one attached hydrogen (secondary N) is 1. The molecule has 0 radical (unpaired) electrons.